The molecule has 0 saturated heterocycles. The summed E-state index contributed by atoms with van der Waals surface area (Å²) >= 11 is 1.28. The van der Waals surface area contributed by atoms with Crippen LogP contribution in [-0.2, 0) is 0 Å². The Kier molecular flexibility index (Phi) is 4.80. The number of rotatable bonds is 4. The lowest BCUT2D eigenvalue weighted by atomic mass is 9.83. The molecule has 0 aromatic carbocycles. The van der Waals surface area contributed by atoms with Crippen LogP contribution >= 0.6 is 11.3 Å². The van der Waals surface area contributed by atoms with E-state index in [-0.39, 0.29) is 11.9 Å². The van der Waals surface area contributed by atoms with E-state index in [1.54, 1.807) is 0 Å². The summed E-state index contributed by atoms with van der Waals surface area (Å²) in [5.74, 6) is 0.623. The Hall–Kier alpha value is -1.10. The highest BCUT2D eigenvalue weighted by molar-refractivity contribution is 7.17. The molecule has 0 radical (unpaired) electrons. The van der Waals surface area contributed by atoms with Gasteiger partial charge in [-0.1, -0.05) is 37.5 Å². The van der Waals surface area contributed by atoms with E-state index in [1.807, 2.05) is 6.92 Å². The molecular formula is C14H23N3OS. The van der Waals surface area contributed by atoms with E-state index in [4.69, 9.17) is 5.73 Å². The quantitative estimate of drug-likeness (QED) is 0.891. The molecule has 0 aliphatic heterocycles. The van der Waals surface area contributed by atoms with E-state index >= 15 is 0 Å². The first kappa shape index (κ1) is 14.3. The van der Waals surface area contributed by atoms with Crippen molar-refractivity contribution in [3.8, 4) is 0 Å². The van der Waals surface area contributed by atoms with Crippen LogP contribution < -0.4 is 11.1 Å². The Morgan fingerprint density at radius 1 is 1.47 bits per heavy atom. The van der Waals surface area contributed by atoms with Gasteiger partial charge in [-0.25, -0.2) is 4.98 Å². The first-order chi connectivity index (χ1) is 9.11. The third-order valence-electron chi connectivity index (χ3n) is 3.99. The molecule has 4 nitrogen and oxygen atoms in total. The van der Waals surface area contributed by atoms with Crippen molar-refractivity contribution in [3.05, 3.63) is 10.6 Å². The molecule has 1 aromatic heterocycles. The van der Waals surface area contributed by atoms with Crippen molar-refractivity contribution in [1.82, 2.24) is 10.3 Å². The van der Waals surface area contributed by atoms with Crippen LogP contribution in [0.4, 0.5) is 5.13 Å². The standard InChI is InChI=1S/C14H23N3OS/c1-3-11(10-7-5-4-6-8-10)17-13(18)12-9(2)16-14(15)19-12/h10-11H,3-8H2,1-2H3,(H2,15,16)(H,17,18). The summed E-state index contributed by atoms with van der Waals surface area (Å²) in [6.07, 6.45) is 7.40. The highest BCUT2D eigenvalue weighted by atomic mass is 32.1. The fourth-order valence-electron chi connectivity index (χ4n) is 2.95. The lowest BCUT2D eigenvalue weighted by Gasteiger charge is -2.30. The summed E-state index contributed by atoms with van der Waals surface area (Å²) in [7, 11) is 0. The predicted octanol–water partition coefficient (Wildman–Crippen LogP) is 3.12. The van der Waals surface area contributed by atoms with Crippen LogP contribution in [0.5, 0.6) is 0 Å². The molecule has 0 spiro atoms. The highest BCUT2D eigenvalue weighted by Gasteiger charge is 2.25. The summed E-state index contributed by atoms with van der Waals surface area (Å²) in [6, 6.07) is 0.288. The number of nitrogen functional groups attached to an aromatic ring is 1. The number of nitrogens with two attached hydrogens (primary N) is 1. The van der Waals surface area contributed by atoms with Gasteiger partial charge in [-0.05, 0) is 32.1 Å². The molecule has 1 heterocycles. The number of thiazole rings is 1. The largest absolute Gasteiger partial charge is 0.375 e. The Labute approximate surface area is 118 Å². The van der Waals surface area contributed by atoms with Crippen LogP contribution in [0.3, 0.4) is 0 Å². The van der Waals surface area contributed by atoms with Crippen molar-refractivity contribution in [1.29, 1.82) is 0 Å². The third-order valence-corrected chi connectivity index (χ3v) is 4.98. The lowest BCUT2D eigenvalue weighted by molar-refractivity contribution is 0.0914. The van der Waals surface area contributed by atoms with Gasteiger partial charge in [0.05, 0.1) is 5.69 Å². The first-order valence-electron chi connectivity index (χ1n) is 7.15. The Morgan fingerprint density at radius 3 is 2.68 bits per heavy atom. The third kappa shape index (κ3) is 3.47. The Morgan fingerprint density at radius 2 is 2.16 bits per heavy atom. The number of aromatic nitrogens is 1. The average molecular weight is 281 g/mol. The summed E-state index contributed by atoms with van der Waals surface area (Å²) in [5.41, 5.74) is 6.39. The molecule has 1 saturated carbocycles. The van der Waals surface area contributed by atoms with Crippen molar-refractivity contribution in [3.63, 3.8) is 0 Å². The second kappa shape index (κ2) is 6.37. The van der Waals surface area contributed by atoms with Crippen LogP contribution in [0.2, 0.25) is 0 Å². The number of carbonyl (C=O) groups excluding carboxylic acids is 1. The van der Waals surface area contributed by atoms with Gasteiger partial charge in [0.15, 0.2) is 5.13 Å². The first-order valence-corrected chi connectivity index (χ1v) is 7.97. The second-order valence-corrected chi connectivity index (χ2v) is 6.38. The summed E-state index contributed by atoms with van der Waals surface area (Å²) < 4.78 is 0. The number of hydrogen-bond donors (Lipinski definition) is 2. The molecule has 1 fully saturated rings. The second-order valence-electron chi connectivity index (χ2n) is 5.35. The van der Waals surface area contributed by atoms with Gasteiger partial charge in [0.2, 0.25) is 0 Å². The monoisotopic (exact) mass is 281 g/mol. The van der Waals surface area contributed by atoms with Gasteiger partial charge in [-0.2, -0.15) is 0 Å². The zero-order valence-electron chi connectivity index (χ0n) is 11.7. The highest BCUT2D eigenvalue weighted by Crippen LogP contribution is 2.28. The molecule has 1 aromatic rings. The van der Waals surface area contributed by atoms with Gasteiger partial charge >= 0.3 is 0 Å². The topological polar surface area (TPSA) is 68.0 Å². The molecule has 106 valence electrons. The molecular weight excluding hydrogens is 258 g/mol. The van der Waals surface area contributed by atoms with Gasteiger partial charge in [0.25, 0.3) is 5.91 Å². The number of carbonyl (C=O) groups is 1. The van der Waals surface area contributed by atoms with Crippen LogP contribution in [0, 0.1) is 12.8 Å². The van der Waals surface area contributed by atoms with E-state index in [0.717, 1.165) is 12.1 Å². The molecule has 1 aliphatic carbocycles. The maximum atomic E-state index is 12.3. The van der Waals surface area contributed by atoms with Gasteiger partial charge < -0.3 is 11.1 Å². The minimum Gasteiger partial charge on any atom is -0.375 e. The van der Waals surface area contributed by atoms with Gasteiger partial charge in [-0.15, -0.1) is 0 Å². The summed E-state index contributed by atoms with van der Waals surface area (Å²) in [6.45, 7) is 3.98. The van der Waals surface area contributed by atoms with Crippen molar-refractivity contribution in [2.24, 2.45) is 5.92 Å². The van der Waals surface area contributed by atoms with E-state index in [1.165, 1.54) is 43.4 Å². The van der Waals surface area contributed by atoms with Crippen LogP contribution in [-0.4, -0.2) is 16.9 Å². The van der Waals surface area contributed by atoms with Crippen molar-refractivity contribution < 1.29 is 4.79 Å². The van der Waals surface area contributed by atoms with E-state index in [2.05, 4.69) is 17.2 Å². The number of hydrogen-bond acceptors (Lipinski definition) is 4. The van der Waals surface area contributed by atoms with Crippen molar-refractivity contribution in [2.75, 3.05) is 5.73 Å². The van der Waals surface area contributed by atoms with Crippen LogP contribution in [0.25, 0.3) is 0 Å². The van der Waals surface area contributed by atoms with Gasteiger partial charge in [0, 0.05) is 6.04 Å². The van der Waals surface area contributed by atoms with Gasteiger partial charge in [-0.3, -0.25) is 4.79 Å². The van der Waals surface area contributed by atoms with Gasteiger partial charge in [0.1, 0.15) is 4.88 Å². The number of nitrogens with zero attached hydrogens (tertiary/aromatic N) is 1. The average Bonchev–Trinajstić information content (AvgIpc) is 2.76. The smallest absolute Gasteiger partial charge is 0.263 e. The molecule has 1 atom stereocenters. The number of nitrogens with one attached hydrogen (secondary N) is 1. The van der Waals surface area contributed by atoms with E-state index in [0.29, 0.717) is 15.9 Å². The summed E-state index contributed by atoms with van der Waals surface area (Å²) in [4.78, 5) is 17.1. The molecule has 19 heavy (non-hydrogen) atoms. The Balaban J connectivity index is 2.01. The fourth-order valence-corrected chi connectivity index (χ4v) is 3.69. The molecule has 0 bridgehead atoms. The predicted molar refractivity (Wildman–Crippen MR) is 79.4 cm³/mol. The zero-order chi connectivity index (χ0) is 13.8. The Bertz CT molecular complexity index is 438. The molecule has 1 amide bonds. The molecule has 2 rings (SSSR count). The fraction of sp³-hybridized carbons (Fsp3) is 0.714. The molecule has 1 unspecified atom stereocenters. The number of anilines is 1. The van der Waals surface area contributed by atoms with Crippen molar-refractivity contribution >= 4 is 22.4 Å². The molecule has 3 N–H and O–H groups in total. The summed E-state index contributed by atoms with van der Waals surface area (Å²) in [5, 5.41) is 3.65. The maximum Gasteiger partial charge on any atom is 0.263 e. The zero-order valence-corrected chi connectivity index (χ0v) is 12.6. The maximum absolute atomic E-state index is 12.3. The van der Waals surface area contributed by atoms with Crippen molar-refractivity contribution in [2.45, 2.75) is 58.4 Å². The normalized spacial score (nSPS) is 18.2. The van der Waals surface area contributed by atoms with Crippen LogP contribution in [0.15, 0.2) is 0 Å². The van der Waals surface area contributed by atoms with E-state index in [9.17, 15) is 4.79 Å². The molecule has 1 aliphatic rings. The SMILES string of the molecule is CCC(NC(=O)c1sc(N)nc1C)C1CCCCC1. The minimum atomic E-state index is -0.0101. The number of amides is 1. The minimum absolute atomic E-state index is 0.0101. The van der Waals surface area contributed by atoms with Crippen LogP contribution in [0.1, 0.15) is 60.8 Å². The lowest BCUT2D eigenvalue weighted by Crippen LogP contribution is -2.40. The number of aryl methyl sites for hydroxylation is 1. The van der Waals surface area contributed by atoms with E-state index < -0.39 is 0 Å². The molecule has 5 heteroatoms.